The Morgan fingerprint density at radius 2 is 1.77 bits per heavy atom. The summed E-state index contributed by atoms with van der Waals surface area (Å²) < 4.78 is 11.4. The summed E-state index contributed by atoms with van der Waals surface area (Å²) in [6.07, 6.45) is 0. The van der Waals surface area contributed by atoms with Gasteiger partial charge in [-0.25, -0.2) is 4.79 Å². The van der Waals surface area contributed by atoms with Gasteiger partial charge in [0, 0.05) is 24.2 Å². The van der Waals surface area contributed by atoms with Gasteiger partial charge in [0.25, 0.3) is 0 Å². The van der Waals surface area contributed by atoms with E-state index in [2.05, 4.69) is 11.4 Å². The molecule has 0 aromatic heterocycles. The second-order valence-corrected chi connectivity index (χ2v) is 7.39. The third-order valence-corrected chi connectivity index (χ3v) is 5.01. The van der Waals surface area contributed by atoms with Crippen LogP contribution in [0.2, 0.25) is 5.02 Å². The maximum atomic E-state index is 10.9. The van der Waals surface area contributed by atoms with Crippen LogP contribution in [0.4, 0.5) is 0 Å². The number of benzene rings is 3. The van der Waals surface area contributed by atoms with Crippen molar-refractivity contribution in [2.24, 2.45) is 0 Å². The molecule has 0 unspecified atom stereocenters. The molecule has 0 fully saturated rings. The largest absolute Gasteiger partial charge is 0.493 e. The summed E-state index contributed by atoms with van der Waals surface area (Å²) in [5, 5.41) is 12.9. The molecule has 5 nitrogen and oxygen atoms in total. The number of carboxylic acid groups (broad SMARTS) is 1. The highest BCUT2D eigenvalue weighted by Gasteiger charge is 2.11. The zero-order chi connectivity index (χ0) is 21.5. The molecule has 0 aliphatic rings. The molecule has 0 saturated heterocycles. The second-order valence-electron chi connectivity index (χ2n) is 6.98. The van der Waals surface area contributed by atoms with Crippen LogP contribution in [0, 0.1) is 6.92 Å². The number of ether oxygens (including phenoxy) is 2. The highest BCUT2D eigenvalue weighted by molar-refractivity contribution is 6.31. The van der Waals surface area contributed by atoms with Gasteiger partial charge in [-0.05, 0) is 41.8 Å². The fourth-order valence-corrected chi connectivity index (χ4v) is 3.28. The third-order valence-electron chi connectivity index (χ3n) is 4.65. The summed E-state index contributed by atoms with van der Waals surface area (Å²) in [7, 11) is 1.60. The van der Waals surface area contributed by atoms with Gasteiger partial charge in [0.15, 0.2) is 11.5 Å². The first-order valence-electron chi connectivity index (χ1n) is 9.54. The average Bonchev–Trinajstić information content (AvgIpc) is 2.74. The number of aromatic carboxylic acids is 1. The van der Waals surface area contributed by atoms with Crippen LogP contribution in [0.5, 0.6) is 11.5 Å². The van der Waals surface area contributed by atoms with Gasteiger partial charge < -0.3 is 19.9 Å². The lowest BCUT2D eigenvalue weighted by Gasteiger charge is -2.15. The summed E-state index contributed by atoms with van der Waals surface area (Å²) in [5.74, 6) is 0.282. The van der Waals surface area contributed by atoms with Crippen molar-refractivity contribution in [1.82, 2.24) is 5.32 Å². The van der Waals surface area contributed by atoms with E-state index in [9.17, 15) is 4.79 Å². The Bertz CT molecular complexity index is 1020. The number of hydrogen-bond acceptors (Lipinski definition) is 4. The topological polar surface area (TPSA) is 67.8 Å². The van der Waals surface area contributed by atoms with Crippen LogP contribution >= 0.6 is 11.6 Å². The van der Waals surface area contributed by atoms with Crippen LogP contribution in [0.15, 0.2) is 60.7 Å². The molecule has 0 aliphatic heterocycles. The Morgan fingerprint density at radius 1 is 1.00 bits per heavy atom. The normalized spacial score (nSPS) is 10.6. The quantitative estimate of drug-likeness (QED) is 0.491. The van der Waals surface area contributed by atoms with Gasteiger partial charge in [0.05, 0.1) is 12.7 Å². The molecular weight excluding hydrogens is 402 g/mol. The van der Waals surface area contributed by atoms with E-state index in [1.54, 1.807) is 37.4 Å². The third kappa shape index (κ3) is 5.75. The molecular formula is C24H24ClNO4. The first-order chi connectivity index (χ1) is 14.5. The molecule has 0 saturated carbocycles. The van der Waals surface area contributed by atoms with E-state index in [0.717, 1.165) is 16.7 Å². The fraction of sp³-hybridized carbons (Fsp3) is 0.208. The first-order valence-corrected chi connectivity index (χ1v) is 9.92. The maximum Gasteiger partial charge on any atom is 0.335 e. The summed E-state index contributed by atoms with van der Waals surface area (Å²) in [5.41, 5.74) is 4.40. The molecule has 2 N–H and O–H groups in total. The standard InChI is InChI=1S/C24H24ClNO4/c1-16-4-3-5-18(10-16)15-30-23-12-21(25)20(11-22(23)29-2)14-26-13-17-6-8-19(9-7-17)24(27)28/h3-12,26H,13-15H2,1-2H3,(H,27,28). The summed E-state index contributed by atoms with van der Waals surface area (Å²) in [4.78, 5) is 10.9. The van der Waals surface area contributed by atoms with Gasteiger partial charge in [-0.3, -0.25) is 0 Å². The van der Waals surface area contributed by atoms with Crippen molar-refractivity contribution in [2.75, 3.05) is 7.11 Å². The van der Waals surface area contributed by atoms with E-state index in [1.165, 1.54) is 5.56 Å². The van der Waals surface area contributed by atoms with Gasteiger partial charge in [0.1, 0.15) is 6.61 Å². The number of nitrogens with one attached hydrogen (secondary N) is 1. The SMILES string of the molecule is COc1cc(CNCc2ccc(C(=O)O)cc2)c(Cl)cc1OCc1cccc(C)c1. The lowest BCUT2D eigenvalue weighted by Crippen LogP contribution is -2.13. The van der Waals surface area contributed by atoms with Crippen molar-refractivity contribution in [2.45, 2.75) is 26.6 Å². The van der Waals surface area contributed by atoms with Crippen LogP contribution in [-0.2, 0) is 19.7 Å². The van der Waals surface area contributed by atoms with E-state index in [-0.39, 0.29) is 5.56 Å². The number of carboxylic acids is 1. The molecule has 0 heterocycles. The second kappa shape index (κ2) is 10.1. The molecule has 0 amide bonds. The van der Waals surface area contributed by atoms with Crippen LogP contribution in [-0.4, -0.2) is 18.2 Å². The number of aryl methyl sites for hydroxylation is 1. The summed E-state index contributed by atoms with van der Waals surface area (Å²) >= 11 is 6.46. The van der Waals surface area contributed by atoms with Gasteiger partial charge in [-0.15, -0.1) is 0 Å². The zero-order valence-corrected chi connectivity index (χ0v) is 17.7. The van der Waals surface area contributed by atoms with E-state index < -0.39 is 5.97 Å². The number of carbonyl (C=O) groups is 1. The van der Waals surface area contributed by atoms with E-state index in [4.69, 9.17) is 26.2 Å². The molecule has 3 aromatic carbocycles. The van der Waals surface area contributed by atoms with Crippen molar-refractivity contribution in [1.29, 1.82) is 0 Å². The molecule has 0 atom stereocenters. The van der Waals surface area contributed by atoms with Crippen LogP contribution in [0.3, 0.4) is 0 Å². The smallest absolute Gasteiger partial charge is 0.335 e. The van der Waals surface area contributed by atoms with Gasteiger partial charge in [-0.2, -0.15) is 0 Å². The van der Waals surface area contributed by atoms with Crippen molar-refractivity contribution in [3.8, 4) is 11.5 Å². The lowest BCUT2D eigenvalue weighted by atomic mass is 10.1. The van der Waals surface area contributed by atoms with Crippen molar-refractivity contribution in [3.63, 3.8) is 0 Å². The Labute approximate surface area is 181 Å². The number of methoxy groups -OCH3 is 1. The minimum absolute atomic E-state index is 0.271. The molecule has 30 heavy (non-hydrogen) atoms. The fourth-order valence-electron chi connectivity index (χ4n) is 3.05. The highest BCUT2D eigenvalue weighted by Crippen LogP contribution is 2.34. The van der Waals surface area contributed by atoms with Crippen molar-refractivity contribution < 1.29 is 19.4 Å². The number of rotatable bonds is 9. The van der Waals surface area contributed by atoms with Crippen LogP contribution in [0.25, 0.3) is 0 Å². The molecule has 156 valence electrons. The van der Waals surface area contributed by atoms with Crippen molar-refractivity contribution >= 4 is 17.6 Å². The van der Waals surface area contributed by atoms with E-state index in [0.29, 0.717) is 36.2 Å². The van der Waals surface area contributed by atoms with E-state index in [1.807, 2.05) is 31.2 Å². The number of halogens is 1. The van der Waals surface area contributed by atoms with Gasteiger partial charge in [0.2, 0.25) is 0 Å². The molecule has 0 radical (unpaired) electrons. The number of hydrogen-bond donors (Lipinski definition) is 2. The van der Waals surface area contributed by atoms with Gasteiger partial charge >= 0.3 is 5.97 Å². The Morgan fingerprint density at radius 3 is 2.43 bits per heavy atom. The van der Waals surface area contributed by atoms with Gasteiger partial charge in [-0.1, -0.05) is 53.6 Å². The monoisotopic (exact) mass is 425 g/mol. The predicted molar refractivity (Wildman–Crippen MR) is 117 cm³/mol. The molecule has 3 aromatic rings. The Balaban J connectivity index is 1.62. The average molecular weight is 426 g/mol. The predicted octanol–water partition coefficient (Wildman–Crippen LogP) is 5.22. The summed E-state index contributed by atoms with van der Waals surface area (Å²) in [6, 6.07) is 18.6. The van der Waals surface area contributed by atoms with E-state index >= 15 is 0 Å². The maximum absolute atomic E-state index is 10.9. The molecule has 3 rings (SSSR count). The molecule has 0 aliphatic carbocycles. The molecule has 6 heteroatoms. The minimum Gasteiger partial charge on any atom is -0.493 e. The highest BCUT2D eigenvalue weighted by atomic mass is 35.5. The summed E-state index contributed by atoms with van der Waals surface area (Å²) in [6.45, 7) is 3.60. The molecule has 0 spiro atoms. The Kier molecular flexibility index (Phi) is 7.33. The lowest BCUT2D eigenvalue weighted by molar-refractivity contribution is 0.0697. The zero-order valence-electron chi connectivity index (χ0n) is 16.9. The Hall–Kier alpha value is -3.02. The van der Waals surface area contributed by atoms with Crippen LogP contribution in [0.1, 0.15) is 32.6 Å². The van der Waals surface area contributed by atoms with Crippen LogP contribution < -0.4 is 14.8 Å². The molecule has 0 bridgehead atoms. The van der Waals surface area contributed by atoms with Crippen molar-refractivity contribution in [3.05, 3.63) is 93.5 Å². The first kappa shape index (κ1) is 21.7. The minimum atomic E-state index is -0.932.